The van der Waals surface area contributed by atoms with E-state index >= 15 is 0 Å². The highest BCUT2D eigenvalue weighted by Crippen LogP contribution is 2.36. The summed E-state index contributed by atoms with van der Waals surface area (Å²) in [6.07, 6.45) is 3.43. The first-order chi connectivity index (χ1) is 13.1. The minimum atomic E-state index is 0.182. The van der Waals surface area contributed by atoms with Crippen molar-refractivity contribution in [1.82, 2.24) is 24.8 Å². The average molecular weight is 494 g/mol. The fourth-order valence-electron chi connectivity index (χ4n) is 3.07. The lowest BCUT2D eigenvalue weighted by molar-refractivity contribution is -0.109. The number of halogens is 1. The number of amides is 1. The summed E-state index contributed by atoms with van der Waals surface area (Å²) in [7, 11) is 0. The minimum absolute atomic E-state index is 0.182. The number of nitrogens with zero attached hydrogens (tertiary/aromatic N) is 4. The highest BCUT2D eigenvalue weighted by Gasteiger charge is 2.23. The highest BCUT2D eigenvalue weighted by molar-refractivity contribution is 14.1. The van der Waals surface area contributed by atoms with Crippen molar-refractivity contribution in [3.63, 3.8) is 0 Å². The first-order valence-corrected chi connectivity index (χ1v) is 10.1. The summed E-state index contributed by atoms with van der Waals surface area (Å²) < 4.78 is 2.97. The molecule has 8 nitrogen and oxygen atoms in total. The van der Waals surface area contributed by atoms with Crippen LogP contribution in [0.1, 0.15) is 22.3 Å². The number of anilines is 1. The monoisotopic (exact) mass is 494 g/mol. The van der Waals surface area contributed by atoms with Crippen LogP contribution >= 0.6 is 34.4 Å². The SMILES string of the molecule is Nc1ncnc2c1nc(Sc1cc3c(cc1I)CCC3=O)n2CCNC=O. The summed E-state index contributed by atoms with van der Waals surface area (Å²) in [6.45, 7) is 0.931. The van der Waals surface area contributed by atoms with Crippen LogP contribution in [0.5, 0.6) is 0 Å². The van der Waals surface area contributed by atoms with E-state index in [1.54, 1.807) is 0 Å². The number of imidazole rings is 1. The van der Waals surface area contributed by atoms with Crippen LogP contribution in [0.25, 0.3) is 11.2 Å². The van der Waals surface area contributed by atoms with Crippen molar-refractivity contribution in [3.05, 3.63) is 33.2 Å². The van der Waals surface area contributed by atoms with E-state index in [1.807, 2.05) is 10.6 Å². The number of nitrogen functional groups attached to an aromatic ring is 1. The van der Waals surface area contributed by atoms with Gasteiger partial charge in [0.25, 0.3) is 0 Å². The zero-order valence-electron chi connectivity index (χ0n) is 14.1. The highest BCUT2D eigenvalue weighted by atomic mass is 127. The molecule has 1 aromatic carbocycles. The number of hydrogen-bond acceptors (Lipinski definition) is 7. The molecule has 3 aromatic rings. The third-order valence-electron chi connectivity index (χ3n) is 4.37. The summed E-state index contributed by atoms with van der Waals surface area (Å²) >= 11 is 3.73. The van der Waals surface area contributed by atoms with E-state index in [2.05, 4.69) is 48.9 Å². The normalized spacial score (nSPS) is 13.1. The molecule has 0 spiro atoms. The fourth-order valence-corrected chi connectivity index (χ4v) is 4.89. The minimum Gasteiger partial charge on any atom is -0.382 e. The lowest BCUT2D eigenvalue weighted by Crippen LogP contribution is -2.18. The molecule has 0 radical (unpaired) electrons. The molecule has 3 N–H and O–H groups in total. The molecule has 0 aliphatic heterocycles. The number of aromatic nitrogens is 4. The number of nitrogens with one attached hydrogen (secondary N) is 1. The molecule has 0 atom stereocenters. The average Bonchev–Trinajstić information content (AvgIpc) is 3.18. The van der Waals surface area contributed by atoms with Gasteiger partial charge in [0.15, 0.2) is 27.9 Å². The molecule has 1 aliphatic carbocycles. The molecule has 27 heavy (non-hydrogen) atoms. The predicted octanol–water partition coefficient (Wildman–Crippen LogP) is 2.04. The Labute approximate surface area is 172 Å². The Kier molecular flexibility index (Phi) is 5.00. The molecule has 0 unspecified atom stereocenters. The number of carbonyl (C=O) groups excluding carboxylic acids is 2. The molecule has 1 aliphatic rings. The second-order valence-electron chi connectivity index (χ2n) is 6.01. The molecule has 2 heterocycles. The number of carbonyl (C=O) groups is 2. The summed E-state index contributed by atoms with van der Waals surface area (Å²) in [5.41, 5.74) is 8.99. The topological polar surface area (TPSA) is 116 Å². The fraction of sp³-hybridized carbons (Fsp3) is 0.235. The summed E-state index contributed by atoms with van der Waals surface area (Å²) in [5, 5.41) is 3.34. The number of Topliss-reactive ketones (excluding diaryl/α,β-unsaturated/α-hetero) is 1. The predicted molar refractivity (Wildman–Crippen MR) is 110 cm³/mol. The van der Waals surface area contributed by atoms with Crippen molar-refractivity contribution < 1.29 is 9.59 Å². The third kappa shape index (κ3) is 3.38. The molecule has 0 saturated carbocycles. The zero-order chi connectivity index (χ0) is 19.0. The van der Waals surface area contributed by atoms with Gasteiger partial charge < -0.3 is 15.6 Å². The molecule has 2 aromatic heterocycles. The lowest BCUT2D eigenvalue weighted by atomic mass is 10.1. The van der Waals surface area contributed by atoms with E-state index in [0.29, 0.717) is 48.1 Å². The van der Waals surface area contributed by atoms with Crippen LogP contribution in [-0.2, 0) is 17.8 Å². The van der Waals surface area contributed by atoms with E-state index < -0.39 is 0 Å². The van der Waals surface area contributed by atoms with Gasteiger partial charge in [-0.3, -0.25) is 9.59 Å². The van der Waals surface area contributed by atoms with Crippen LogP contribution in [0.15, 0.2) is 28.5 Å². The van der Waals surface area contributed by atoms with Gasteiger partial charge in [-0.2, -0.15) is 0 Å². The van der Waals surface area contributed by atoms with Crippen molar-refractivity contribution in [2.24, 2.45) is 0 Å². The molecular formula is C17H15IN6O2S. The van der Waals surface area contributed by atoms with Crippen LogP contribution in [-0.4, -0.2) is 38.3 Å². The van der Waals surface area contributed by atoms with E-state index in [-0.39, 0.29) is 5.78 Å². The van der Waals surface area contributed by atoms with Crippen molar-refractivity contribution in [1.29, 1.82) is 0 Å². The molecule has 0 bridgehead atoms. The largest absolute Gasteiger partial charge is 0.382 e. The van der Waals surface area contributed by atoms with E-state index in [4.69, 9.17) is 5.73 Å². The second-order valence-corrected chi connectivity index (χ2v) is 8.19. The quantitative estimate of drug-likeness (QED) is 0.306. The number of benzene rings is 1. The van der Waals surface area contributed by atoms with Gasteiger partial charge in [-0.15, -0.1) is 0 Å². The Bertz CT molecular complexity index is 1070. The molecule has 0 saturated heterocycles. The molecule has 4 rings (SSSR count). The van der Waals surface area contributed by atoms with E-state index in [1.165, 1.54) is 18.1 Å². The Hall–Kier alpha value is -2.21. The van der Waals surface area contributed by atoms with Gasteiger partial charge in [-0.25, -0.2) is 15.0 Å². The summed E-state index contributed by atoms with van der Waals surface area (Å²) in [5.74, 6) is 0.491. The standard InChI is InChI=1S/C17H15IN6O2S/c18-11-5-9-1-2-12(26)10(9)6-13(11)27-17-23-14-15(19)21-7-22-16(14)24(17)4-3-20-8-25/h5-8H,1-4H2,(H,20,25)(H2,19,21,22). The van der Waals surface area contributed by atoms with Crippen molar-refractivity contribution in [2.75, 3.05) is 12.3 Å². The van der Waals surface area contributed by atoms with Gasteiger partial charge in [-0.1, -0.05) is 11.8 Å². The number of nitrogens with two attached hydrogens (primary N) is 1. The molecule has 138 valence electrons. The summed E-state index contributed by atoms with van der Waals surface area (Å²) in [4.78, 5) is 36.6. The Morgan fingerprint density at radius 3 is 3.00 bits per heavy atom. The number of aryl methyl sites for hydroxylation is 1. The molecule has 0 fully saturated rings. The number of hydrogen-bond donors (Lipinski definition) is 2. The molecule has 1 amide bonds. The molecule has 10 heteroatoms. The van der Waals surface area contributed by atoms with Crippen LogP contribution in [0, 0.1) is 3.57 Å². The van der Waals surface area contributed by atoms with Gasteiger partial charge in [0.2, 0.25) is 6.41 Å². The van der Waals surface area contributed by atoms with Gasteiger partial charge in [0.05, 0.1) is 0 Å². The Morgan fingerprint density at radius 1 is 1.33 bits per heavy atom. The number of rotatable bonds is 6. The first kappa shape index (κ1) is 18.2. The van der Waals surface area contributed by atoms with Gasteiger partial charge in [-0.05, 0) is 46.7 Å². The maximum atomic E-state index is 12.1. The van der Waals surface area contributed by atoms with E-state index in [9.17, 15) is 9.59 Å². The van der Waals surface area contributed by atoms with Gasteiger partial charge in [0, 0.05) is 33.5 Å². The van der Waals surface area contributed by atoms with Crippen LogP contribution in [0.4, 0.5) is 5.82 Å². The van der Waals surface area contributed by atoms with Crippen molar-refractivity contribution >= 4 is 63.5 Å². The summed E-state index contributed by atoms with van der Waals surface area (Å²) in [6, 6.07) is 4.01. The molecular weight excluding hydrogens is 479 g/mol. The maximum absolute atomic E-state index is 12.1. The third-order valence-corrected chi connectivity index (χ3v) is 6.68. The van der Waals surface area contributed by atoms with Gasteiger partial charge >= 0.3 is 0 Å². The Morgan fingerprint density at radius 2 is 2.19 bits per heavy atom. The smallest absolute Gasteiger partial charge is 0.207 e. The Balaban J connectivity index is 1.76. The zero-order valence-corrected chi connectivity index (χ0v) is 17.1. The maximum Gasteiger partial charge on any atom is 0.207 e. The van der Waals surface area contributed by atoms with Crippen molar-refractivity contribution in [3.8, 4) is 0 Å². The van der Waals surface area contributed by atoms with Crippen molar-refractivity contribution in [2.45, 2.75) is 29.4 Å². The lowest BCUT2D eigenvalue weighted by Gasteiger charge is -2.10. The first-order valence-electron chi connectivity index (χ1n) is 8.25. The van der Waals surface area contributed by atoms with E-state index in [0.717, 1.165) is 26.0 Å². The number of ketones is 1. The van der Waals surface area contributed by atoms with Crippen LogP contribution in [0.2, 0.25) is 0 Å². The van der Waals surface area contributed by atoms with Crippen LogP contribution < -0.4 is 11.1 Å². The van der Waals surface area contributed by atoms with Crippen LogP contribution in [0.3, 0.4) is 0 Å². The number of fused-ring (bicyclic) bond motifs is 2. The second kappa shape index (κ2) is 7.43. The van der Waals surface area contributed by atoms with Gasteiger partial charge in [0.1, 0.15) is 6.33 Å².